The number of carbonyl (C=O) groups excluding carboxylic acids is 1. The zero-order valence-electron chi connectivity index (χ0n) is 9.01. The van der Waals surface area contributed by atoms with Gasteiger partial charge in [0.25, 0.3) is 0 Å². The Kier molecular flexibility index (Phi) is 3.37. The van der Waals surface area contributed by atoms with Crippen molar-refractivity contribution in [3.05, 3.63) is 18.0 Å². The summed E-state index contributed by atoms with van der Waals surface area (Å²) in [5.74, 6) is -0.163. The molecule has 0 bridgehead atoms. The maximum absolute atomic E-state index is 11.7. The number of aliphatic carboxylic acids is 1. The third-order valence-electron chi connectivity index (χ3n) is 2.64. The minimum absolute atomic E-state index is 0.0379. The molecule has 1 fully saturated rings. The second kappa shape index (κ2) is 4.79. The van der Waals surface area contributed by atoms with E-state index in [9.17, 15) is 14.7 Å². The third-order valence-corrected chi connectivity index (χ3v) is 3.83. The molecule has 1 atom stereocenters. The average Bonchev–Trinajstić information content (AvgIpc) is 2.89. The number of thioether (sulfide) groups is 1. The molecule has 0 saturated carbocycles. The maximum atomic E-state index is 11.7. The fraction of sp³-hybridized carbons (Fsp3) is 0.500. The molecule has 1 aromatic rings. The first-order valence-electron chi connectivity index (χ1n) is 5.14. The molecule has 2 heterocycles. The summed E-state index contributed by atoms with van der Waals surface area (Å²) in [5, 5.41) is 15.4. The van der Waals surface area contributed by atoms with Crippen LogP contribution in [0.15, 0.2) is 16.9 Å². The summed E-state index contributed by atoms with van der Waals surface area (Å²) < 4.78 is 4.61. The molecule has 1 aliphatic rings. The van der Waals surface area contributed by atoms with Crippen molar-refractivity contribution in [3.8, 4) is 0 Å². The lowest BCUT2D eigenvalue weighted by Crippen LogP contribution is -2.55. The van der Waals surface area contributed by atoms with Gasteiger partial charge < -0.3 is 14.9 Å². The molecule has 0 radical (unpaired) electrons. The fourth-order valence-electron chi connectivity index (χ4n) is 1.69. The summed E-state index contributed by atoms with van der Waals surface area (Å²) >= 11 is 1.53. The number of nitrogens with zero attached hydrogens (tertiary/aromatic N) is 1. The first-order valence-corrected chi connectivity index (χ1v) is 6.29. The van der Waals surface area contributed by atoms with Gasteiger partial charge in [0.2, 0.25) is 5.91 Å². The van der Waals surface area contributed by atoms with Crippen molar-refractivity contribution in [3.63, 3.8) is 0 Å². The van der Waals surface area contributed by atoms with E-state index < -0.39 is 11.5 Å². The Bertz CT molecular complexity index is 412. The Morgan fingerprint density at radius 2 is 2.47 bits per heavy atom. The van der Waals surface area contributed by atoms with Crippen LogP contribution in [0.5, 0.6) is 0 Å². The summed E-state index contributed by atoms with van der Waals surface area (Å²) in [7, 11) is 0. The van der Waals surface area contributed by atoms with Crippen LogP contribution >= 0.6 is 11.8 Å². The SMILES string of the molecule is O=C(Cc1ccon1)NC1(C(=O)O)CCSC1. The Balaban J connectivity index is 1.99. The monoisotopic (exact) mass is 256 g/mol. The summed E-state index contributed by atoms with van der Waals surface area (Å²) in [5.41, 5.74) is -0.625. The van der Waals surface area contributed by atoms with E-state index in [2.05, 4.69) is 15.0 Å². The number of carboxylic acids is 1. The summed E-state index contributed by atoms with van der Waals surface area (Å²) in [6, 6.07) is 1.58. The molecule has 1 aromatic heterocycles. The van der Waals surface area contributed by atoms with Gasteiger partial charge in [-0.05, 0) is 12.2 Å². The molecule has 1 saturated heterocycles. The van der Waals surface area contributed by atoms with Gasteiger partial charge in [-0.15, -0.1) is 0 Å². The van der Waals surface area contributed by atoms with Gasteiger partial charge in [-0.3, -0.25) is 4.79 Å². The lowest BCUT2D eigenvalue weighted by molar-refractivity contribution is -0.146. The lowest BCUT2D eigenvalue weighted by atomic mass is 9.99. The number of carboxylic acid groups (broad SMARTS) is 1. The molecular formula is C10H12N2O4S. The first-order chi connectivity index (χ1) is 8.12. The Morgan fingerprint density at radius 3 is 3.00 bits per heavy atom. The molecule has 7 heteroatoms. The molecule has 2 N–H and O–H groups in total. The third kappa shape index (κ3) is 2.60. The first kappa shape index (κ1) is 12.0. The van der Waals surface area contributed by atoms with Crippen LogP contribution in [0.3, 0.4) is 0 Å². The molecule has 1 amide bonds. The Hall–Kier alpha value is -1.50. The van der Waals surface area contributed by atoms with Crippen LogP contribution in [0, 0.1) is 0 Å². The second-order valence-corrected chi connectivity index (χ2v) is 5.01. The van der Waals surface area contributed by atoms with Crippen molar-refractivity contribution >= 4 is 23.6 Å². The number of nitrogens with one attached hydrogen (secondary N) is 1. The van der Waals surface area contributed by atoms with Crippen molar-refractivity contribution in [1.29, 1.82) is 0 Å². The van der Waals surface area contributed by atoms with Gasteiger partial charge in [0.05, 0.1) is 12.1 Å². The summed E-state index contributed by atoms with van der Waals surface area (Å²) in [6.07, 6.45) is 1.87. The van der Waals surface area contributed by atoms with Gasteiger partial charge in [-0.25, -0.2) is 4.79 Å². The van der Waals surface area contributed by atoms with Crippen molar-refractivity contribution in [1.82, 2.24) is 10.5 Å². The molecular weight excluding hydrogens is 244 g/mol. The normalized spacial score (nSPS) is 23.5. The van der Waals surface area contributed by atoms with E-state index in [1.807, 2.05) is 0 Å². The highest BCUT2D eigenvalue weighted by molar-refractivity contribution is 7.99. The highest BCUT2D eigenvalue weighted by Gasteiger charge is 2.43. The van der Waals surface area contributed by atoms with Gasteiger partial charge in [-0.1, -0.05) is 5.16 Å². The minimum Gasteiger partial charge on any atom is -0.479 e. The van der Waals surface area contributed by atoms with Gasteiger partial charge in [0.1, 0.15) is 11.8 Å². The molecule has 17 heavy (non-hydrogen) atoms. The highest BCUT2D eigenvalue weighted by Crippen LogP contribution is 2.28. The number of hydrogen-bond donors (Lipinski definition) is 2. The van der Waals surface area contributed by atoms with E-state index in [-0.39, 0.29) is 12.3 Å². The number of hydrogen-bond acceptors (Lipinski definition) is 5. The van der Waals surface area contributed by atoms with Crippen LogP contribution in [0.25, 0.3) is 0 Å². The minimum atomic E-state index is -1.12. The van der Waals surface area contributed by atoms with E-state index in [4.69, 9.17) is 0 Å². The van der Waals surface area contributed by atoms with Gasteiger partial charge in [0.15, 0.2) is 0 Å². The van der Waals surface area contributed by atoms with Crippen molar-refractivity contribution in [2.24, 2.45) is 0 Å². The van der Waals surface area contributed by atoms with E-state index in [0.717, 1.165) is 5.75 Å². The summed E-state index contributed by atoms with van der Waals surface area (Å²) in [4.78, 5) is 22.9. The molecule has 1 aliphatic heterocycles. The smallest absolute Gasteiger partial charge is 0.330 e. The predicted octanol–water partition coefficient (Wildman–Crippen LogP) is 0.294. The van der Waals surface area contributed by atoms with Crippen LogP contribution in [-0.2, 0) is 16.0 Å². The van der Waals surface area contributed by atoms with E-state index in [1.54, 1.807) is 6.07 Å². The Labute approximate surface area is 102 Å². The number of aromatic nitrogens is 1. The van der Waals surface area contributed by atoms with Gasteiger partial charge >= 0.3 is 5.97 Å². The van der Waals surface area contributed by atoms with Crippen LogP contribution in [0.1, 0.15) is 12.1 Å². The predicted molar refractivity (Wildman–Crippen MR) is 60.7 cm³/mol. The Morgan fingerprint density at radius 1 is 1.65 bits per heavy atom. The van der Waals surface area contributed by atoms with E-state index in [0.29, 0.717) is 17.9 Å². The lowest BCUT2D eigenvalue weighted by Gasteiger charge is -2.24. The molecule has 2 rings (SSSR count). The number of carbonyl (C=O) groups is 2. The number of rotatable bonds is 4. The topological polar surface area (TPSA) is 92.4 Å². The van der Waals surface area contributed by atoms with Crippen LogP contribution < -0.4 is 5.32 Å². The summed E-state index contributed by atoms with van der Waals surface area (Å²) in [6.45, 7) is 0. The van der Waals surface area contributed by atoms with Crippen LogP contribution in [0.4, 0.5) is 0 Å². The molecule has 1 unspecified atom stereocenters. The van der Waals surface area contributed by atoms with E-state index in [1.165, 1.54) is 18.0 Å². The van der Waals surface area contributed by atoms with Crippen molar-refractivity contribution in [2.45, 2.75) is 18.4 Å². The largest absolute Gasteiger partial charge is 0.479 e. The zero-order valence-corrected chi connectivity index (χ0v) is 9.83. The average molecular weight is 256 g/mol. The molecule has 6 nitrogen and oxygen atoms in total. The fourth-order valence-corrected chi connectivity index (χ4v) is 3.02. The maximum Gasteiger partial charge on any atom is 0.330 e. The molecule has 0 aliphatic carbocycles. The standard InChI is InChI=1S/C10H12N2O4S/c13-8(5-7-1-3-16-12-7)11-10(9(14)15)2-4-17-6-10/h1,3H,2,4-6H2,(H,11,13)(H,14,15). The van der Waals surface area contributed by atoms with Gasteiger partial charge in [-0.2, -0.15) is 11.8 Å². The molecule has 92 valence electrons. The van der Waals surface area contributed by atoms with Crippen molar-refractivity contribution < 1.29 is 19.2 Å². The van der Waals surface area contributed by atoms with E-state index >= 15 is 0 Å². The van der Waals surface area contributed by atoms with Crippen LogP contribution in [0.2, 0.25) is 0 Å². The van der Waals surface area contributed by atoms with Crippen LogP contribution in [-0.4, -0.2) is 39.2 Å². The van der Waals surface area contributed by atoms with Gasteiger partial charge in [0, 0.05) is 11.8 Å². The zero-order chi connectivity index (χ0) is 12.3. The second-order valence-electron chi connectivity index (χ2n) is 3.91. The highest BCUT2D eigenvalue weighted by atomic mass is 32.2. The van der Waals surface area contributed by atoms with Crippen molar-refractivity contribution in [2.75, 3.05) is 11.5 Å². The molecule has 0 aromatic carbocycles. The molecule has 0 spiro atoms. The quantitative estimate of drug-likeness (QED) is 0.804. The number of amides is 1.